The summed E-state index contributed by atoms with van der Waals surface area (Å²) in [5, 5.41) is 4.24. The quantitative estimate of drug-likeness (QED) is 0.623. The summed E-state index contributed by atoms with van der Waals surface area (Å²) in [5.41, 5.74) is 0.897. The largest absolute Gasteiger partial charge is 0.573 e. The van der Waals surface area contributed by atoms with Gasteiger partial charge in [-0.15, -0.1) is 13.2 Å². The second kappa shape index (κ2) is 7.28. The fourth-order valence-corrected chi connectivity index (χ4v) is 2.89. The van der Waals surface area contributed by atoms with Gasteiger partial charge in [0, 0.05) is 10.6 Å². The molecule has 0 spiro atoms. The van der Waals surface area contributed by atoms with E-state index in [1.807, 2.05) is 0 Å². The maximum atomic E-state index is 12.3. The minimum atomic E-state index is -4.77. The number of carbonyl (C=O) groups is 1. The first-order chi connectivity index (χ1) is 13.8. The van der Waals surface area contributed by atoms with Crippen molar-refractivity contribution in [3.63, 3.8) is 0 Å². The number of ether oxygens (including phenoxy) is 2. The predicted octanol–water partition coefficient (Wildman–Crippen LogP) is 4.21. The topological polar surface area (TPSA) is 77.7 Å². The van der Waals surface area contributed by atoms with Crippen molar-refractivity contribution in [2.45, 2.75) is 12.9 Å². The number of alkyl halides is 3. The highest BCUT2D eigenvalue weighted by Crippen LogP contribution is 2.35. The number of anilines is 1. The van der Waals surface area contributed by atoms with Crippen LogP contribution in [0.4, 0.5) is 18.9 Å². The van der Waals surface area contributed by atoms with E-state index in [1.54, 1.807) is 18.2 Å². The second-order valence-electron chi connectivity index (χ2n) is 5.96. The lowest BCUT2D eigenvalue weighted by Crippen LogP contribution is -2.38. The Morgan fingerprint density at radius 2 is 1.93 bits per heavy atom. The molecule has 1 aliphatic heterocycles. The van der Waals surface area contributed by atoms with Gasteiger partial charge in [-0.3, -0.25) is 9.69 Å². The van der Waals surface area contributed by atoms with Crippen molar-refractivity contribution in [2.75, 3.05) is 11.5 Å². The zero-order valence-corrected chi connectivity index (χ0v) is 15.2. The fraction of sp³-hybridized carbons (Fsp3) is 0.167. The van der Waals surface area contributed by atoms with Crippen molar-refractivity contribution in [1.29, 1.82) is 0 Å². The number of halogens is 4. The van der Waals surface area contributed by atoms with Crippen molar-refractivity contribution in [3.05, 3.63) is 53.4 Å². The Balaban J connectivity index is 1.53. The first-order valence-electron chi connectivity index (χ1n) is 8.20. The highest BCUT2D eigenvalue weighted by atomic mass is 35.5. The molecule has 0 atom stereocenters. The van der Waals surface area contributed by atoms with E-state index in [0.29, 0.717) is 22.0 Å². The summed E-state index contributed by atoms with van der Waals surface area (Å²) < 4.78 is 51.1. The molecule has 0 unspecified atom stereocenters. The van der Waals surface area contributed by atoms with Gasteiger partial charge in [-0.2, -0.15) is 4.98 Å². The van der Waals surface area contributed by atoms with E-state index in [-0.39, 0.29) is 36.5 Å². The molecule has 2 aromatic carbocycles. The van der Waals surface area contributed by atoms with Crippen molar-refractivity contribution in [1.82, 2.24) is 10.1 Å². The van der Waals surface area contributed by atoms with Crippen LogP contribution in [0.1, 0.15) is 5.89 Å². The highest BCUT2D eigenvalue weighted by molar-refractivity contribution is 6.31. The number of amides is 1. The lowest BCUT2D eigenvalue weighted by Gasteiger charge is -2.28. The smallest absolute Gasteiger partial charge is 0.482 e. The Labute approximate surface area is 166 Å². The van der Waals surface area contributed by atoms with Gasteiger partial charge >= 0.3 is 6.36 Å². The molecule has 0 fully saturated rings. The molecule has 1 aromatic heterocycles. The molecule has 29 heavy (non-hydrogen) atoms. The first-order valence-corrected chi connectivity index (χ1v) is 8.58. The summed E-state index contributed by atoms with van der Waals surface area (Å²) in [6.45, 7) is -0.159. The zero-order valence-electron chi connectivity index (χ0n) is 14.4. The molecule has 0 N–H and O–H groups in total. The van der Waals surface area contributed by atoms with E-state index in [1.165, 1.54) is 17.0 Å². The van der Waals surface area contributed by atoms with Crippen LogP contribution in [0.2, 0.25) is 5.02 Å². The Kier molecular flexibility index (Phi) is 4.79. The van der Waals surface area contributed by atoms with Gasteiger partial charge in [0.25, 0.3) is 5.91 Å². The molecular formula is C18H11ClF3N3O4. The molecule has 150 valence electrons. The molecule has 0 bridgehead atoms. The first kappa shape index (κ1) is 19.1. The van der Waals surface area contributed by atoms with Gasteiger partial charge in [0.1, 0.15) is 18.0 Å². The third-order valence-electron chi connectivity index (χ3n) is 3.97. The maximum absolute atomic E-state index is 12.3. The number of hydrogen-bond donors (Lipinski definition) is 0. The minimum Gasteiger partial charge on any atom is -0.482 e. The number of benzene rings is 2. The number of hydrogen-bond acceptors (Lipinski definition) is 6. The molecule has 0 saturated heterocycles. The SMILES string of the molecule is O=C1COc2ccc(Cl)cc2N1Cc1nc(-c2ccc(OC(F)(F)F)cc2)no1. The Bertz CT molecular complexity index is 1050. The van der Waals surface area contributed by atoms with Crippen LogP contribution in [-0.2, 0) is 11.3 Å². The molecule has 1 aliphatic rings. The molecule has 3 aromatic rings. The summed E-state index contributed by atoms with van der Waals surface area (Å²) in [7, 11) is 0. The third kappa shape index (κ3) is 4.27. The van der Waals surface area contributed by atoms with Crippen molar-refractivity contribution in [2.24, 2.45) is 0 Å². The van der Waals surface area contributed by atoms with E-state index >= 15 is 0 Å². The van der Waals surface area contributed by atoms with Gasteiger partial charge in [-0.1, -0.05) is 16.8 Å². The number of fused-ring (bicyclic) bond motifs is 1. The molecule has 1 amide bonds. The third-order valence-corrected chi connectivity index (χ3v) is 4.21. The minimum absolute atomic E-state index is 0.0161. The Morgan fingerprint density at radius 1 is 1.17 bits per heavy atom. The van der Waals surface area contributed by atoms with E-state index < -0.39 is 6.36 Å². The Morgan fingerprint density at radius 3 is 2.66 bits per heavy atom. The van der Waals surface area contributed by atoms with Crippen LogP contribution in [0.15, 0.2) is 47.0 Å². The van der Waals surface area contributed by atoms with Crippen molar-refractivity contribution < 1.29 is 32.0 Å². The number of carbonyl (C=O) groups excluding carboxylic acids is 1. The summed E-state index contributed by atoms with van der Waals surface area (Å²) in [4.78, 5) is 17.9. The molecule has 4 rings (SSSR count). The zero-order chi connectivity index (χ0) is 20.6. The van der Waals surface area contributed by atoms with Gasteiger partial charge in [0.15, 0.2) is 6.61 Å². The monoisotopic (exact) mass is 425 g/mol. The van der Waals surface area contributed by atoms with Gasteiger partial charge in [-0.05, 0) is 42.5 Å². The van der Waals surface area contributed by atoms with E-state index in [0.717, 1.165) is 12.1 Å². The second-order valence-corrected chi connectivity index (χ2v) is 6.40. The van der Waals surface area contributed by atoms with E-state index in [2.05, 4.69) is 14.9 Å². The van der Waals surface area contributed by atoms with Crippen LogP contribution in [-0.4, -0.2) is 29.0 Å². The van der Waals surface area contributed by atoms with Gasteiger partial charge in [0.2, 0.25) is 11.7 Å². The summed E-state index contributed by atoms with van der Waals surface area (Å²) in [6.07, 6.45) is -4.77. The van der Waals surface area contributed by atoms with Crippen LogP contribution in [0, 0.1) is 0 Å². The molecular weight excluding hydrogens is 415 g/mol. The molecule has 0 radical (unpaired) electrons. The summed E-state index contributed by atoms with van der Waals surface area (Å²) >= 11 is 6.00. The van der Waals surface area contributed by atoms with E-state index in [9.17, 15) is 18.0 Å². The summed E-state index contributed by atoms with van der Waals surface area (Å²) in [5.74, 6) is 0.113. The van der Waals surface area contributed by atoms with Crippen LogP contribution in [0.5, 0.6) is 11.5 Å². The molecule has 7 nitrogen and oxygen atoms in total. The fourth-order valence-electron chi connectivity index (χ4n) is 2.73. The van der Waals surface area contributed by atoms with Crippen LogP contribution >= 0.6 is 11.6 Å². The van der Waals surface area contributed by atoms with Crippen LogP contribution in [0.3, 0.4) is 0 Å². The molecule has 11 heteroatoms. The lowest BCUT2D eigenvalue weighted by molar-refractivity contribution is -0.274. The number of nitrogens with zero attached hydrogens (tertiary/aromatic N) is 3. The normalized spacial score (nSPS) is 13.8. The van der Waals surface area contributed by atoms with Gasteiger partial charge < -0.3 is 14.0 Å². The maximum Gasteiger partial charge on any atom is 0.573 e. The van der Waals surface area contributed by atoms with E-state index in [4.69, 9.17) is 20.9 Å². The molecule has 0 aliphatic carbocycles. The standard InChI is InChI=1S/C18H11ClF3N3O4/c19-11-3-6-14-13(7-11)25(16(26)9-27-14)8-15-23-17(24-29-15)10-1-4-12(5-2-10)28-18(20,21)22/h1-7H,8-9H2. The van der Waals surface area contributed by atoms with Crippen molar-refractivity contribution >= 4 is 23.2 Å². The predicted molar refractivity (Wildman–Crippen MR) is 94.6 cm³/mol. The van der Waals surface area contributed by atoms with Crippen LogP contribution in [0.25, 0.3) is 11.4 Å². The van der Waals surface area contributed by atoms with Gasteiger partial charge in [-0.25, -0.2) is 0 Å². The molecule has 2 heterocycles. The average molecular weight is 426 g/mol. The van der Waals surface area contributed by atoms with Gasteiger partial charge in [0.05, 0.1) is 5.69 Å². The number of rotatable bonds is 4. The molecule has 0 saturated carbocycles. The highest BCUT2D eigenvalue weighted by Gasteiger charge is 2.31. The lowest BCUT2D eigenvalue weighted by atomic mass is 10.2. The van der Waals surface area contributed by atoms with Crippen LogP contribution < -0.4 is 14.4 Å². The number of aromatic nitrogens is 2. The van der Waals surface area contributed by atoms with Crippen molar-refractivity contribution in [3.8, 4) is 22.9 Å². The average Bonchev–Trinajstić information content (AvgIpc) is 3.12. The summed E-state index contributed by atoms with van der Waals surface area (Å²) in [6, 6.07) is 9.90. The Hall–Kier alpha value is -3.27.